The average Bonchev–Trinajstić information content (AvgIpc) is 2.82. The van der Waals surface area contributed by atoms with Gasteiger partial charge in [0.15, 0.2) is 0 Å². The molecule has 0 nitrogen and oxygen atoms in total. The van der Waals surface area contributed by atoms with Crippen molar-refractivity contribution in [3.05, 3.63) is 78.4 Å². The number of rotatable bonds is 1. The third-order valence-corrected chi connectivity index (χ3v) is 4.06. The molecule has 0 amide bonds. The van der Waals surface area contributed by atoms with Crippen LogP contribution in [0.2, 0.25) is 0 Å². The van der Waals surface area contributed by atoms with E-state index in [0.717, 1.165) is 0 Å². The van der Waals surface area contributed by atoms with Gasteiger partial charge in [-0.2, -0.15) is 0 Å². The summed E-state index contributed by atoms with van der Waals surface area (Å²) in [5.41, 5.74) is 4.06. The summed E-state index contributed by atoms with van der Waals surface area (Å²) in [4.78, 5) is 0. The summed E-state index contributed by atoms with van der Waals surface area (Å²) in [6.45, 7) is 2.21. The Kier molecular flexibility index (Phi) is 6.98. The van der Waals surface area contributed by atoms with Gasteiger partial charge in [-0.15, -0.1) is 46.2 Å². The van der Waals surface area contributed by atoms with E-state index in [0.29, 0.717) is 0 Å². The first-order valence-corrected chi connectivity index (χ1v) is 6.98. The van der Waals surface area contributed by atoms with Gasteiger partial charge in [0, 0.05) is 0 Å². The van der Waals surface area contributed by atoms with Crippen molar-refractivity contribution in [2.24, 2.45) is 0 Å². The van der Waals surface area contributed by atoms with Gasteiger partial charge in [-0.05, 0) is 10.8 Å². The topological polar surface area (TPSA) is 0 Å². The summed E-state index contributed by atoms with van der Waals surface area (Å²) in [7, 11) is 0. The van der Waals surface area contributed by atoms with E-state index in [2.05, 4.69) is 79.7 Å². The largest absolute Gasteiger partial charge is 3.00 e. The van der Waals surface area contributed by atoms with E-state index in [1.165, 1.54) is 38.2 Å². The Bertz CT molecular complexity index is 920. The number of halogens is 2. The molecule has 0 aliphatic rings. The Balaban J connectivity index is 0.000000882. The minimum atomic E-state index is 0. The molecule has 1 radical (unpaired) electrons. The molecule has 113 valence electrons. The van der Waals surface area contributed by atoms with Crippen molar-refractivity contribution in [3.63, 3.8) is 0 Å². The van der Waals surface area contributed by atoms with Gasteiger partial charge < -0.3 is 24.8 Å². The predicted molar refractivity (Wildman–Crippen MR) is 87.2 cm³/mol. The summed E-state index contributed by atoms with van der Waals surface area (Å²) in [5.74, 6) is 0. The van der Waals surface area contributed by atoms with Gasteiger partial charge in [0.05, 0.1) is 0 Å². The van der Waals surface area contributed by atoms with Crippen molar-refractivity contribution >= 4 is 21.5 Å². The second-order valence-corrected chi connectivity index (χ2v) is 5.32. The minimum Gasteiger partial charge on any atom is -1.00 e. The Morgan fingerprint density at radius 1 is 0.696 bits per heavy atom. The number of aryl methyl sites for hydroxylation is 1. The van der Waals surface area contributed by atoms with Crippen LogP contribution in [0.1, 0.15) is 5.56 Å². The molecule has 0 bridgehead atoms. The first-order valence-electron chi connectivity index (χ1n) is 6.98. The molecule has 0 spiro atoms. The van der Waals surface area contributed by atoms with Crippen LogP contribution in [0.5, 0.6) is 0 Å². The van der Waals surface area contributed by atoms with Gasteiger partial charge in [-0.25, -0.2) is 0 Å². The molecule has 0 N–H and O–H groups in total. The number of benzene rings is 3. The molecular weight excluding hydrogens is 359 g/mol. The molecule has 0 unspecified atom stereocenters. The maximum atomic E-state index is 2.28. The van der Waals surface area contributed by atoms with E-state index < -0.39 is 0 Å². The van der Waals surface area contributed by atoms with Crippen LogP contribution < -0.4 is 24.8 Å². The summed E-state index contributed by atoms with van der Waals surface area (Å²) in [6.07, 6.45) is 0. The second-order valence-electron chi connectivity index (χ2n) is 5.32. The maximum absolute atomic E-state index is 2.28. The van der Waals surface area contributed by atoms with Crippen LogP contribution in [0.15, 0.2) is 72.8 Å². The quantitative estimate of drug-likeness (QED) is 0.317. The Morgan fingerprint density at radius 2 is 1.30 bits per heavy atom. The number of hydrogen-bond acceptors (Lipinski definition) is 0. The van der Waals surface area contributed by atoms with Crippen molar-refractivity contribution < 1.29 is 46.5 Å². The van der Waals surface area contributed by atoms with Gasteiger partial charge in [-0.3, -0.25) is 0 Å². The van der Waals surface area contributed by atoms with Gasteiger partial charge in [0.2, 0.25) is 0 Å². The van der Waals surface area contributed by atoms with Crippen molar-refractivity contribution in [1.82, 2.24) is 0 Å². The molecule has 0 aliphatic carbocycles. The van der Waals surface area contributed by atoms with Crippen LogP contribution in [-0.4, -0.2) is 0 Å². The van der Waals surface area contributed by atoms with Crippen molar-refractivity contribution in [2.45, 2.75) is 6.92 Å². The fraction of sp³-hybridized carbons (Fsp3) is 0.0500. The zero-order chi connectivity index (χ0) is 13.5. The van der Waals surface area contributed by atoms with E-state index in [1.54, 1.807) is 0 Å². The van der Waals surface area contributed by atoms with Crippen LogP contribution in [-0.2, 0) is 21.7 Å². The maximum Gasteiger partial charge on any atom is 3.00 e. The first kappa shape index (κ1) is 19.9. The molecule has 0 aromatic heterocycles. The van der Waals surface area contributed by atoms with E-state index in [1.807, 2.05) is 0 Å². The molecule has 0 saturated carbocycles. The molecule has 4 aromatic rings. The molecule has 3 heteroatoms. The molecule has 0 fully saturated rings. The zero-order valence-electron chi connectivity index (χ0n) is 12.7. The molecule has 0 heterocycles. The molecule has 23 heavy (non-hydrogen) atoms. The second kappa shape index (κ2) is 8.08. The van der Waals surface area contributed by atoms with Gasteiger partial charge >= 0.3 is 21.7 Å². The Hall–Kier alpha value is -1.18. The molecule has 0 aliphatic heterocycles. The fourth-order valence-electron chi connectivity index (χ4n) is 3.17. The van der Waals surface area contributed by atoms with Gasteiger partial charge in [-0.1, -0.05) is 61.0 Å². The van der Waals surface area contributed by atoms with Gasteiger partial charge in [0.1, 0.15) is 0 Å². The predicted octanol–water partition coefficient (Wildman–Crippen LogP) is -0.307. The summed E-state index contributed by atoms with van der Waals surface area (Å²) < 4.78 is 0. The fourth-order valence-corrected chi connectivity index (χ4v) is 3.17. The van der Waals surface area contributed by atoms with Crippen LogP contribution in [0.4, 0.5) is 0 Å². The van der Waals surface area contributed by atoms with E-state index in [9.17, 15) is 0 Å². The van der Waals surface area contributed by atoms with E-state index in [4.69, 9.17) is 0 Å². The van der Waals surface area contributed by atoms with Crippen LogP contribution >= 0.6 is 0 Å². The van der Waals surface area contributed by atoms with E-state index in [-0.39, 0.29) is 46.5 Å². The first-order chi connectivity index (χ1) is 9.84. The Morgan fingerprint density at radius 3 is 2.09 bits per heavy atom. The summed E-state index contributed by atoms with van der Waals surface area (Å²) in [5, 5.41) is 5.30. The van der Waals surface area contributed by atoms with Crippen molar-refractivity contribution in [1.29, 1.82) is 0 Å². The molecule has 4 rings (SSSR count). The average molecular weight is 374 g/mol. The van der Waals surface area contributed by atoms with Crippen molar-refractivity contribution in [3.8, 4) is 11.1 Å². The smallest absolute Gasteiger partial charge is 1.00 e. The van der Waals surface area contributed by atoms with Crippen LogP contribution in [0, 0.1) is 6.92 Å². The molecule has 0 atom stereocenters. The SMILES string of the molecule is Cc1[cH-]c2ccccc2c1-c1cccc2ccccc12.[Cl-].[Cl-].[Ti+3]. The van der Waals surface area contributed by atoms with Crippen molar-refractivity contribution in [2.75, 3.05) is 0 Å². The number of hydrogen-bond donors (Lipinski definition) is 0. The summed E-state index contributed by atoms with van der Waals surface area (Å²) >= 11 is 0. The minimum absolute atomic E-state index is 0. The van der Waals surface area contributed by atoms with Gasteiger partial charge in [0.25, 0.3) is 0 Å². The summed E-state index contributed by atoms with van der Waals surface area (Å²) in [6, 6.07) is 26.1. The number of fused-ring (bicyclic) bond motifs is 2. The molecule has 4 aromatic carbocycles. The normalized spacial score (nSPS) is 9.78. The molecule has 0 saturated heterocycles. The zero-order valence-corrected chi connectivity index (χ0v) is 15.8. The van der Waals surface area contributed by atoms with E-state index >= 15 is 0 Å². The van der Waals surface area contributed by atoms with Crippen LogP contribution in [0.3, 0.4) is 0 Å². The molecular formula is C20H15Cl2Ti. The third-order valence-electron chi connectivity index (χ3n) is 4.06. The third kappa shape index (κ3) is 3.37. The standard InChI is InChI=1S/C20H15.2ClH.Ti/c1-14-13-16-8-3-5-11-18(16)20(14)19-12-6-9-15-7-2-4-10-17(15)19;;;/h2-13H,1H3;2*1H;/q-1;;;+3/p-2. The van der Waals surface area contributed by atoms with Crippen LogP contribution in [0.25, 0.3) is 32.7 Å². The monoisotopic (exact) mass is 373 g/mol. The Labute approximate surface area is 164 Å².